The number of nitrogens with zero attached hydrogens (tertiary/aromatic N) is 2. The summed E-state index contributed by atoms with van der Waals surface area (Å²) in [5.74, 6) is -0.478. The average Bonchev–Trinajstić information content (AvgIpc) is 2.78. The molecule has 0 bridgehead atoms. The number of fused-ring (bicyclic) bond motifs is 1. The maximum absolute atomic E-state index is 11.6. The van der Waals surface area contributed by atoms with Crippen molar-refractivity contribution in [1.82, 2.24) is 9.72 Å². The Morgan fingerprint density at radius 2 is 2.32 bits per heavy atom. The topological polar surface area (TPSA) is 68.3 Å². The fraction of sp³-hybridized carbons (Fsp3) is 0.167. The molecule has 98 valence electrons. The van der Waals surface area contributed by atoms with Gasteiger partial charge in [-0.05, 0) is 24.5 Å². The number of aromatic nitrogens is 2. The minimum atomic E-state index is -1.49. The van der Waals surface area contributed by atoms with E-state index in [9.17, 15) is 9.90 Å². The highest BCUT2D eigenvalue weighted by Crippen LogP contribution is 2.44. The molecule has 0 saturated heterocycles. The second kappa shape index (κ2) is 4.26. The van der Waals surface area contributed by atoms with E-state index >= 15 is 0 Å². The Kier molecular flexibility index (Phi) is 2.81. The predicted octanol–water partition coefficient (Wildman–Crippen LogP) is 2.25. The first kappa shape index (κ1) is 12.5. The lowest BCUT2D eigenvalue weighted by Crippen LogP contribution is -2.32. The van der Waals surface area contributed by atoms with Gasteiger partial charge in [-0.2, -0.15) is 0 Å². The third kappa shape index (κ3) is 1.83. The lowest BCUT2D eigenvalue weighted by atomic mass is 10.1. The fourth-order valence-electron chi connectivity index (χ4n) is 1.95. The van der Waals surface area contributed by atoms with Crippen LogP contribution >= 0.6 is 23.4 Å². The van der Waals surface area contributed by atoms with Gasteiger partial charge in [0.2, 0.25) is 10.8 Å². The highest BCUT2D eigenvalue weighted by Gasteiger charge is 2.41. The number of aliphatic hydroxyl groups is 1. The predicted molar refractivity (Wildman–Crippen MR) is 72.8 cm³/mol. The molecule has 0 aliphatic carbocycles. The van der Waals surface area contributed by atoms with E-state index in [1.807, 2.05) is 0 Å². The summed E-state index contributed by atoms with van der Waals surface area (Å²) in [7, 11) is 0. The highest BCUT2D eigenvalue weighted by atomic mass is 35.5. The number of allylic oxidation sites excluding steroid dienone is 1. The Labute approximate surface area is 117 Å². The molecule has 3 rings (SSSR count). The summed E-state index contributed by atoms with van der Waals surface area (Å²) >= 11 is 7.08. The van der Waals surface area contributed by atoms with E-state index in [1.165, 1.54) is 4.57 Å². The zero-order valence-electron chi connectivity index (χ0n) is 9.83. The van der Waals surface area contributed by atoms with Crippen LogP contribution in [0.5, 0.6) is 0 Å². The van der Waals surface area contributed by atoms with Gasteiger partial charge in [0.25, 0.3) is 0 Å². The Morgan fingerprint density at radius 3 is 3.05 bits per heavy atom. The van der Waals surface area contributed by atoms with Gasteiger partial charge in [0, 0.05) is 16.3 Å². The van der Waals surface area contributed by atoms with Gasteiger partial charge in [-0.3, -0.25) is 4.52 Å². The van der Waals surface area contributed by atoms with Crippen LogP contribution in [0.4, 0.5) is 0 Å². The van der Waals surface area contributed by atoms with E-state index in [1.54, 1.807) is 36.6 Å². The Hall–Kier alpha value is -1.50. The maximum atomic E-state index is 11.6. The van der Waals surface area contributed by atoms with E-state index in [0.717, 1.165) is 11.8 Å². The first-order chi connectivity index (χ1) is 9.02. The van der Waals surface area contributed by atoms with Gasteiger partial charge in [0.15, 0.2) is 0 Å². The Balaban J connectivity index is 2.24. The van der Waals surface area contributed by atoms with Crippen LogP contribution in [0.1, 0.15) is 18.3 Å². The summed E-state index contributed by atoms with van der Waals surface area (Å²) in [6.45, 7) is 1.74. The molecular formula is C12H9ClN2O3S. The van der Waals surface area contributed by atoms with Gasteiger partial charge in [0.1, 0.15) is 0 Å². The van der Waals surface area contributed by atoms with Crippen molar-refractivity contribution in [3.8, 4) is 0 Å². The molecule has 1 unspecified atom stereocenters. The molecular weight excluding hydrogens is 288 g/mol. The number of halogens is 1. The van der Waals surface area contributed by atoms with Crippen molar-refractivity contribution in [2.75, 3.05) is 0 Å². The lowest BCUT2D eigenvalue weighted by Gasteiger charge is -2.28. The normalized spacial score (nSPS) is 21.9. The van der Waals surface area contributed by atoms with Gasteiger partial charge in [-0.25, -0.2) is 9.36 Å². The van der Waals surface area contributed by atoms with Crippen LogP contribution < -0.4 is 5.76 Å². The van der Waals surface area contributed by atoms with Crippen molar-refractivity contribution in [2.45, 2.75) is 11.9 Å². The molecule has 0 amide bonds. The minimum absolute atomic E-state index is 0.143. The molecule has 0 radical (unpaired) electrons. The van der Waals surface area contributed by atoms with E-state index in [0.29, 0.717) is 16.3 Å². The summed E-state index contributed by atoms with van der Waals surface area (Å²) < 4.78 is 5.89. The van der Waals surface area contributed by atoms with Gasteiger partial charge in [-0.1, -0.05) is 40.7 Å². The molecule has 2 aromatic rings. The number of thioether (sulfide) groups is 1. The van der Waals surface area contributed by atoms with Gasteiger partial charge >= 0.3 is 5.76 Å². The monoisotopic (exact) mass is 296 g/mol. The van der Waals surface area contributed by atoms with Crippen LogP contribution in [0.3, 0.4) is 0 Å². The van der Waals surface area contributed by atoms with E-state index in [4.69, 9.17) is 11.6 Å². The van der Waals surface area contributed by atoms with Crippen LogP contribution in [0.15, 0.2) is 39.0 Å². The lowest BCUT2D eigenvalue weighted by molar-refractivity contribution is 0.165. The molecule has 1 atom stereocenters. The SMILES string of the molecule is CC1=CSC(O)(c2cccc(Cl)c2)c2noc(=O)n21. The van der Waals surface area contributed by atoms with Crippen molar-refractivity contribution in [3.05, 3.63) is 56.6 Å². The summed E-state index contributed by atoms with van der Waals surface area (Å²) in [6.07, 6.45) is 0. The largest absolute Gasteiger partial charge is 0.446 e. The van der Waals surface area contributed by atoms with Gasteiger partial charge in [-0.15, -0.1) is 0 Å². The second-order valence-electron chi connectivity index (χ2n) is 4.14. The second-order valence-corrected chi connectivity index (χ2v) is 5.64. The van der Waals surface area contributed by atoms with Crippen LogP contribution in [0.25, 0.3) is 5.70 Å². The van der Waals surface area contributed by atoms with Crippen LogP contribution in [-0.2, 0) is 4.93 Å². The highest BCUT2D eigenvalue weighted by molar-refractivity contribution is 8.03. The van der Waals surface area contributed by atoms with E-state index in [2.05, 4.69) is 9.68 Å². The first-order valence-electron chi connectivity index (χ1n) is 5.45. The fourth-order valence-corrected chi connectivity index (χ4v) is 3.08. The third-order valence-corrected chi connectivity index (χ3v) is 4.33. The molecule has 1 aromatic carbocycles. The maximum Gasteiger partial charge on any atom is 0.446 e. The number of hydrogen-bond acceptors (Lipinski definition) is 5. The number of benzene rings is 1. The molecule has 0 saturated carbocycles. The van der Waals surface area contributed by atoms with Crippen molar-refractivity contribution >= 4 is 29.1 Å². The molecule has 5 nitrogen and oxygen atoms in total. The van der Waals surface area contributed by atoms with E-state index < -0.39 is 10.7 Å². The molecule has 1 aliphatic heterocycles. The summed E-state index contributed by atoms with van der Waals surface area (Å²) in [6, 6.07) is 6.78. The standard InChI is InChI=1S/C12H9ClN2O3S/c1-7-6-19-12(17,8-3-2-4-9(13)5-8)10-14-18-11(16)15(7)10/h2-6,17H,1H3. The zero-order chi connectivity index (χ0) is 13.6. The number of rotatable bonds is 1. The van der Waals surface area contributed by atoms with Crippen LogP contribution in [0, 0.1) is 0 Å². The Morgan fingerprint density at radius 1 is 1.53 bits per heavy atom. The van der Waals surface area contributed by atoms with Crippen LogP contribution in [-0.4, -0.2) is 14.8 Å². The average molecular weight is 297 g/mol. The molecule has 1 aromatic heterocycles. The van der Waals surface area contributed by atoms with Gasteiger partial charge in [0.05, 0.1) is 0 Å². The van der Waals surface area contributed by atoms with Crippen molar-refractivity contribution in [1.29, 1.82) is 0 Å². The van der Waals surface area contributed by atoms with Gasteiger partial charge < -0.3 is 5.11 Å². The summed E-state index contributed by atoms with van der Waals surface area (Å²) in [5.41, 5.74) is 1.19. The molecule has 7 heteroatoms. The molecule has 1 aliphatic rings. The van der Waals surface area contributed by atoms with Crippen molar-refractivity contribution in [3.63, 3.8) is 0 Å². The summed E-state index contributed by atoms with van der Waals surface area (Å²) in [4.78, 5) is 10.1. The smallest absolute Gasteiger partial charge is 0.368 e. The number of hydrogen-bond donors (Lipinski definition) is 1. The molecule has 19 heavy (non-hydrogen) atoms. The molecule has 0 fully saturated rings. The minimum Gasteiger partial charge on any atom is -0.368 e. The third-order valence-electron chi connectivity index (χ3n) is 2.88. The van der Waals surface area contributed by atoms with E-state index in [-0.39, 0.29) is 5.82 Å². The Bertz CT molecular complexity index is 737. The summed E-state index contributed by atoms with van der Waals surface area (Å²) in [5, 5.41) is 16.7. The zero-order valence-corrected chi connectivity index (χ0v) is 11.4. The first-order valence-corrected chi connectivity index (χ1v) is 6.71. The molecule has 2 heterocycles. The van der Waals surface area contributed by atoms with Crippen molar-refractivity contribution in [2.24, 2.45) is 0 Å². The molecule has 0 spiro atoms. The quantitative estimate of drug-likeness (QED) is 0.874. The van der Waals surface area contributed by atoms with Crippen molar-refractivity contribution < 1.29 is 9.63 Å². The van der Waals surface area contributed by atoms with Crippen LogP contribution in [0.2, 0.25) is 5.02 Å². The molecule has 1 N–H and O–H groups in total.